The Balaban J connectivity index is 1.71. The summed E-state index contributed by atoms with van der Waals surface area (Å²) in [5.74, 6) is -2.35. The molecule has 11 heteroatoms. The maximum atomic E-state index is 13.8. The molecule has 0 saturated carbocycles. The Hall–Kier alpha value is -2.34. The number of hydrazine groups is 1. The van der Waals surface area contributed by atoms with Crippen LogP contribution in [-0.4, -0.2) is 50.8 Å². The van der Waals surface area contributed by atoms with Crippen LogP contribution in [0.1, 0.15) is 20.7 Å². The van der Waals surface area contributed by atoms with Crippen molar-refractivity contribution in [1.82, 2.24) is 15.2 Å². The zero-order chi connectivity index (χ0) is 21.0. The van der Waals surface area contributed by atoms with Crippen molar-refractivity contribution in [3.63, 3.8) is 0 Å². The first-order chi connectivity index (χ1) is 13.8. The highest BCUT2D eigenvalue weighted by atomic mass is 79.9. The van der Waals surface area contributed by atoms with E-state index in [4.69, 9.17) is 4.74 Å². The summed E-state index contributed by atoms with van der Waals surface area (Å²) in [7, 11) is -3.77. The zero-order valence-electron chi connectivity index (χ0n) is 15.0. The van der Waals surface area contributed by atoms with Crippen LogP contribution in [0, 0.1) is 5.82 Å². The number of carbonyl (C=O) groups excluding carboxylic acids is 2. The number of benzene rings is 2. The summed E-state index contributed by atoms with van der Waals surface area (Å²) in [6.07, 6.45) is 0. The number of halogens is 2. The van der Waals surface area contributed by atoms with Crippen LogP contribution in [0.3, 0.4) is 0 Å². The van der Waals surface area contributed by atoms with E-state index in [9.17, 15) is 22.4 Å². The molecule has 2 N–H and O–H groups in total. The second-order valence-corrected chi connectivity index (χ2v) is 8.93. The summed E-state index contributed by atoms with van der Waals surface area (Å²) in [6, 6.07) is 9.25. The molecule has 1 heterocycles. The van der Waals surface area contributed by atoms with Crippen molar-refractivity contribution in [3.05, 3.63) is 63.9 Å². The SMILES string of the molecule is O=C(NNC(=O)c1cc(Br)ccc1F)c1cccc(S(=O)(=O)N2CCOCC2)c1. The van der Waals surface area contributed by atoms with E-state index in [-0.39, 0.29) is 29.1 Å². The minimum Gasteiger partial charge on any atom is -0.379 e. The van der Waals surface area contributed by atoms with E-state index in [0.717, 1.165) is 6.07 Å². The molecule has 0 unspecified atom stereocenters. The van der Waals surface area contributed by atoms with E-state index in [0.29, 0.717) is 17.7 Å². The molecule has 0 atom stereocenters. The van der Waals surface area contributed by atoms with E-state index in [1.165, 1.54) is 40.7 Å². The van der Waals surface area contributed by atoms with Crippen molar-refractivity contribution < 1.29 is 27.1 Å². The number of nitrogens with one attached hydrogen (secondary N) is 2. The number of rotatable bonds is 4. The molecule has 29 heavy (non-hydrogen) atoms. The molecule has 8 nitrogen and oxygen atoms in total. The predicted octanol–water partition coefficient (Wildman–Crippen LogP) is 1.68. The van der Waals surface area contributed by atoms with Gasteiger partial charge in [-0.1, -0.05) is 22.0 Å². The Kier molecular flexibility index (Phi) is 6.63. The topological polar surface area (TPSA) is 105 Å². The zero-order valence-corrected chi connectivity index (χ0v) is 17.4. The summed E-state index contributed by atoms with van der Waals surface area (Å²) < 4.78 is 46.1. The molecule has 1 fully saturated rings. The molecule has 3 rings (SSSR count). The highest BCUT2D eigenvalue weighted by Crippen LogP contribution is 2.18. The van der Waals surface area contributed by atoms with Crippen LogP contribution < -0.4 is 10.9 Å². The fraction of sp³-hybridized carbons (Fsp3) is 0.222. The van der Waals surface area contributed by atoms with Crippen molar-refractivity contribution in [2.24, 2.45) is 0 Å². The summed E-state index contributed by atoms with van der Waals surface area (Å²) in [5, 5.41) is 0. The molecule has 2 aromatic rings. The quantitative estimate of drug-likeness (QED) is 0.641. The van der Waals surface area contributed by atoms with Gasteiger partial charge in [0, 0.05) is 23.1 Å². The van der Waals surface area contributed by atoms with Gasteiger partial charge in [-0.05, 0) is 36.4 Å². The second-order valence-electron chi connectivity index (χ2n) is 6.08. The number of hydrogen-bond acceptors (Lipinski definition) is 5. The third kappa shape index (κ3) is 4.99. The fourth-order valence-electron chi connectivity index (χ4n) is 2.66. The third-order valence-corrected chi connectivity index (χ3v) is 6.55. The number of amides is 2. The molecule has 0 radical (unpaired) electrons. The van der Waals surface area contributed by atoms with Crippen molar-refractivity contribution >= 4 is 37.8 Å². The number of carbonyl (C=O) groups is 2. The van der Waals surface area contributed by atoms with Crippen LogP contribution in [0.25, 0.3) is 0 Å². The maximum Gasteiger partial charge on any atom is 0.272 e. The number of sulfonamides is 1. The molecule has 0 spiro atoms. The molecule has 154 valence electrons. The molecule has 1 aliphatic rings. The van der Waals surface area contributed by atoms with Gasteiger partial charge in [0.05, 0.1) is 23.7 Å². The molecule has 0 aliphatic carbocycles. The minimum absolute atomic E-state index is 0.0225. The molecular weight excluding hydrogens is 469 g/mol. The largest absolute Gasteiger partial charge is 0.379 e. The van der Waals surface area contributed by atoms with Crippen LogP contribution in [0.15, 0.2) is 51.8 Å². The van der Waals surface area contributed by atoms with Gasteiger partial charge in [0.2, 0.25) is 10.0 Å². The molecular formula is C18H17BrFN3O5S. The maximum absolute atomic E-state index is 13.8. The van der Waals surface area contributed by atoms with E-state index in [1.54, 1.807) is 0 Å². The second kappa shape index (κ2) is 8.99. The molecule has 1 aliphatic heterocycles. The van der Waals surface area contributed by atoms with Gasteiger partial charge in [-0.25, -0.2) is 12.8 Å². The first kappa shape index (κ1) is 21.4. The molecule has 2 amide bonds. The van der Waals surface area contributed by atoms with Crippen molar-refractivity contribution in [3.8, 4) is 0 Å². The van der Waals surface area contributed by atoms with E-state index >= 15 is 0 Å². The van der Waals surface area contributed by atoms with Crippen LogP contribution in [0.5, 0.6) is 0 Å². The highest BCUT2D eigenvalue weighted by molar-refractivity contribution is 9.10. The normalized spacial score (nSPS) is 15.0. The standard InChI is InChI=1S/C18H17BrFN3O5S/c19-13-4-5-16(20)15(11-13)18(25)22-21-17(24)12-2-1-3-14(10-12)29(26,27)23-6-8-28-9-7-23/h1-5,10-11H,6-9H2,(H,21,24)(H,22,25). The lowest BCUT2D eigenvalue weighted by Gasteiger charge is -2.26. The van der Waals surface area contributed by atoms with E-state index in [1.807, 2.05) is 0 Å². The average Bonchev–Trinajstić information content (AvgIpc) is 2.74. The van der Waals surface area contributed by atoms with Crippen LogP contribution in [0.4, 0.5) is 4.39 Å². The van der Waals surface area contributed by atoms with Gasteiger partial charge < -0.3 is 4.74 Å². The first-order valence-electron chi connectivity index (χ1n) is 8.53. The molecule has 1 saturated heterocycles. The number of ether oxygens (including phenoxy) is 1. The highest BCUT2D eigenvalue weighted by Gasteiger charge is 2.27. The first-order valence-corrected chi connectivity index (χ1v) is 10.8. The van der Waals surface area contributed by atoms with Gasteiger partial charge in [0.25, 0.3) is 11.8 Å². The van der Waals surface area contributed by atoms with Crippen LogP contribution >= 0.6 is 15.9 Å². The van der Waals surface area contributed by atoms with Gasteiger partial charge in [0.15, 0.2) is 0 Å². The van der Waals surface area contributed by atoms with Gasteiger partial charge in [-0.2, -0.15) is 4.31 Å². The van der Waals surface area contributed by atoms with Crippen LogP contribution in [-0.2, 0) is 14.8 Å². The van der Waals surface area contributed by atoms with Crippen molar-refractivity contribution in [1.29, 1.82) is 0 Å². The summed E-state index contributed by atoms with van der Waals surface area (Å²) in [4.78, 5) is 24.4. The molecule has 2 aromatic carbocycles. The smallest absolute Gasteiger partial charge is 0.272 e. The Morgan fingerprint density at radius 1 is 1.03 bits per heavy atom. The Labute approximate surface area is 175 Å². The average molecular weight is 486 g/mol. The summed E-state index contributed by atoms with van der Waals surface area (Å²) in [6.45, 7) is 1.06. The fourth-order valence-corrected chi connectivity index (χ4v) is 4.47. The number of nitrogens with zero attached hydrogens (tertiary/aromatic N) is 1. The third-order valence-electron chi connectivity index (χ3n) is 4.17. The summed E-state index contributed by atoms with van der Waals surface area (Å²) >= 11 is 3.14. The predicted molar refractivity (Wildman–Crippen MR) is 105 cm³/mol. The Bertz CT molecular complexity index is 1040. The lowest BCUT2D eigenvalue weighted by molar-refractivity contribution is 0.0730. The number of morpholine rings is 1. The van der Waals surface area contributed by atoms with E-state index < -0.39 is 27.7 Å². The van der Waals surface area contributed by atoms with Gasteiger partial charge in [0.1, 0.15) is 5.82 Å². The van der Waals surface area contributed by atoms with Crippen molar-refractivity contribution in [2.75, 3.05) is 26.3 Å². The lowest BCUT2D eigenvalue weighted by Crippen LogP contribution is -2.42. The molecule has 0 aromatic heterocycles. The van der Waals surface area contributed by atoms with Gasteiger partial charge in [-0.3, -0.25) is 20.4 Å². The van der Waals surface area contributed by atoms with Gasteiger partial charge >= 0.3 is 0 Å². The van der Waals surface area contributed by atoms with Crippen LogP contribution in [0.2, 0.25) is 0 Å². The summed E-state index contributed by atoms with van der Waals surface area (Å²) in [5.41, 5.74) is 4.03. The monoisotopic (exact) mass is 485 g/mol. The Morgan fingerprint density at radius 3 is 2.45 bits per heavy atom. The molecule has 0 bridgehead atoms. The lowest BCUT2D eigenvalue weighted by atomic mass is 10.2. The number of hydrogen-bond donors (Lipinski definition) is 2. The Morgan fingerprint density at radius 2 is 1.72 bits per heavy atom. The van der Waals surface area contributed by atoms with E-state index in [2.05, 4.69) is 26.8 Å². The van der Waals surface area contributed by atoms with Crippen molar-refractivity contribution in [2.45, 2.75) is 4.90 Å². The van der Waals surface area contributed by atoms with Gasteiger partial charge in [-0.15, -0.1) is 0 Å². The minimum atomic E-state index is -3.77.